The molecule has 4 rings (SSSR count). The number of ketones is 1. The lowest BCUT2D eigenvalue weighted by Gasteiger charge is -2.26. The topological polar surface area (TPSA) is 124 Å². The minimum atomic E-state index is -1.21. The molecule has 3 aromatic carbocycles. The van der Waals surface area contributed by atoms with Crippen molar-refractivity contribution in [3.05, 3.63) is 117 Å². The van der Waals surface area contributed by atoms with E-state index in [2.05, 4.69) is 5.32 Å². The highest BCUT2D eigenvalue weighted by Crippen LogP contribution is 2.33. The molecule has 0 radical (unpaired) electrons. The van der Waals surface area contributed by atoms with E-state index < -0.39 is 63.2 Å². The van der Waals surface area contributed by atoms with Crippen molar-refractivity contribution in [2.45, 2.75) is 45.4 Å². The van der Waals surface area contributed by atoms with Crippen LogP contribution in [0.25, 0.3) is 5.69 Å². The first-order valence-electron chi connectivity index (χ1n) is 14.4. The Kier molecular flexibility index (Phi) is 10.2. The second-order valence-electron chi connectivity index (χ2n) is 11.6. The SMILES string of the molecule is CC(C)(C)c1cccc(CCC(=O)O)c1NCCCOc1cc(F)c(-n2c(N)c(C(=O)c3ccc(F)cc3F)ccc2=O)c(F)c1. The number of nitrogens with one attached hydrogen (secondary N) is 1. The van der Waals surface area contributed by atoms with Gasteiger partial charge in [0.2, 0.25) is 0 Å². The molecule has 0 amide bonds. The van der Waals surface area contributed by atoms with E-state index in [0.717, 1.165) is 53.2 Å². The third-order valence-corrected chi connectivity index (χ3v) is 7.22. The summed E-state index contributed by atoms with van der Waals surface area (Å²) in [4.78, 5) is 36.7. The number of anilines is 2. The van der Waals surface area contributed by atoms with E-state index in [9.17, 15) is 23.2 Å². The van der Waals surface area contributed by atoms with E-state index in [4.69, 9.17) is 15.6 Å². The number of carbonyl (C=O) groups excluding carboxylic acids is 1. The van der Waals surface area contributed by atoms with Gasteiger partial charge in [0.25, 0.3) is 5.56 Å². The summed E-state index contributed by atoms with van der Waals surface area (Å²) in [5.74, 6) is -7.23. The zero-order valence-corrected chi connectivity index (χ0v) is 25.4. The Morgan fingerprint density at radius 3 is 2.24 bits per heavy atom. The molecule has 0 atom stereocenters. The van der Waals surface area contributed by atoms with E-state index in [0.29, 0.717) is 30.0 Å². The highest BCUT2D eigenvalue weighted by molar-refractivity contribution is 6.11. The van der Waals surface area contributed by atoms with Crippen LogP contribution in [-0.2, 0) is 16.6 Å². The lowest BCUT2D eigenvalue weighted by molar-refractivity contribution is -0.136. The van der Waals surface area contributed by atoms with Gasteiger partial charge in [0.1, 0.15) is 28.9 Å². The van der Waals surface area contributed by atoms with E-state index in [1.165, 1.54) is 0 Å². The van der Waals surface area contributed by atoms with Gasteiger partial charge in [0, 0.05) is 42.9 Å². The average Bonchev–Trinajstić information content (AvgIpc) is 2.96. The summed E-state index contributed by atoms with van der Waals surface area (Å²) < 4.78 is 64.1. The number of rotatable bonds is 12. The fraction of sp³-hybridized carbons (Fsp3) is 0.265. The molecule has 4 N–H and O–H groups in total. The number of halogens is 4. The number of carbonyl (C=O) groups is 2. The Bertz CT molecular complexity index is 1830. The second kappa shape index (κ2) is 13.9. The number of carboxylic acid groups (broad SMARTS) is 1. The molecular formula is C34H33F4N3O5. The molecule has 8 nitrogen and oxygen atoms in total. The van der Waals surface area contributed by atoms with Gasteiger partial charge in [0.15, 0.2) is 17.4 Å². The summed E-state index contributed by atoms with van der Waals surface area (Å²) in [5, 5.41) is 12.5. The molecule has 0 saturated heterocycles. The first kappa shape index (κ1) is 33.8. The minimum Gasteiger partial charge on any atom is -0.493 e. The van der Waals surface area contributed by atoms with Gasteiger partial charge in [0.05, 0.1) is 17.7 Å². The Morgan fingerprint density at radius 1 is 0.935 bits per heavy atom. The molecule has 0 unspecified atom stereocenters. The van der Waals surface area contributed by atoms with E-state index in [1.807, 2.05) is 39.0 Å². The molecule has 1 heterocycles. The summed E-state index contributed by atoms with van der Waals surface area (Å²) >= 11 is 0. The molecule has 0 spiro atoms. The lowest BCUT2D eigenvalue weighted by Crippen LogP contribution is -2.25. The maximum absolute atomic E-state index is 15.3. The lowest BCUT2D eigenvalue weighted by atomic mass is 9.84. The number of hydrogen-bond acceptors (Lipinski definition) is 6. The van der Waals surface area contributed by atoms with Gasteiger partial charge in [-0.1, -0.05) is 39.0 Å². The summed E-state index contributed by atoms with van der Waals surface area (Å²) in [6.45, 7) is 6.61. The summed E-state index contributed by atoms with van der Waals surface area (Å²) in [7, 11) is 0. The number of pyridine rings is 1. The van der Waals surface area contributed by atoms with E-state index in [1.54, 1.807) is 0 Å². The Balaban J connectivity index is 1.49. The van der Waals surface area contributed by atoms with Gasteiger partial charge in [-0.05, 0) is 47.6 Å². The van der Waals surface area contributed by atoms with Crippen LogP contribution in [0.4, 0.5) is 29.1 Å². The number of aryl methyl sites for hydroxylation is 1. The fourth-order valence-electron chi connectivity index (χ4n) is 4.99. The van der Waals surface area contributed by atoms with Crippen molar-refractivity contribution in [3.8, 4) is 11.4 Å². The molecule has 1 aromatic heterocycles. The summed E-state index contributed by atoms with van der Waals surface area (Å²) in [5.41, 5.74) is 5.71. The number of hydrogen-bond donors (Lipinski definition) is 3. The standard InChI is InChI=1S/C34H33F4N3O5/c1-34(2,3)24-7-4-6-19(8-13-29(43)44)30(24)40-14-5-15-46-21-17-26(37)31(27(38)18-21)41-28(42)12-11-23(33(41)39)32(45)22-10-9-20(35)16-25(22)36/h4,6-7,9-12,16-18,40H,5,8,13-15,39H2,1-3H3,(H,43,44). The quantitative estimate of drug-likeness (QED) is 0.0931. The zero-order chi connectivity index (χ0) is 33.8. The van der Waals surface area contributed by atoms with Crippen molar-refractivity contribution in [3.63, 3.8) is 0 Å². The minimum absolute atomic E-state index is 0.0241. The first-order chi connectivity index (χ1) is 21.7. The number of benzene rings is 3. The molecule has 242 valence electrons. The number of aliphatic carboxylic acids is 1. The third kappa shape index (κ3) is 7.56. The number of nitrogens with zero attached hydrogens (tertiary/aromatic N) is 1. The fourth-order valence-corrected chi connectivity index (χ4v) is 4.99. The average molecular weight is 640 g/mol. The van der Waals surface area contributed by atoms with Crippen LogP contribution < -0.4 is 21.3 Å². The number of aromatic nitrogens is 1. The van der Waals surface area contributed by atoms with Crippen LogP contribution in [0.1, 0.15) is 60.7 Å². The van der Waals surface area contributed by atoms with Crippen molar-refractivity contribution in [1.82, 2.24) is 4.57 Å². The Morgan fingerprint density at radius 2 is 1.61 bits per heavy atom. The maximum atomic E-state index is 15.3. The molecule has 4 aromatic rings. The van der Waals surface area contributed by atoms with Gasteiger partial charge in [-0.15, -0.1) is 0 Å². The Labute approximate surface area is 262 Å². The second-order valence-corrected chi connectivity index (χ2v) is 11.6. The van der Waals surface area contributed by atoms with Gasteiger partial charge in [-0.25, -0.2) is 17.6 Å². The van der Waals surface area contributed by atoms with Crippen LogP contribution in [0.3, 0.4) is 0 Å². The maximum Gasteiger partial charge on any atom is 0.303 e. The number of para-hydroxylation sites is 1. The predicted molar refractivity (Wildman–Crippen MR) is 166 cm³/mol. The molecule has 0 aliphatic heterocycles. The van der Waals surface area contributed by atoms with E-state index >= 15 is 8.78 Å². The Hall–Kier alpha value is -5.13. The predicted octanol–water partition coefficient (Wildman–Crippen LogP) is 6.40. The van der Waals surface area contributed by atoms with E-state index in [-0.39, 0.29) is 24.2 Å². The van der Waals surface area contributed by atoms with Crippen LogP contribution in [0, 0.1) is 23.3 Å². The molecule has 0 aliphatic rings. The highest BCUT2D eigenvalue weighted by Gasteiger charge is 2.24. The molecular weight excluding hydrogens is 606 g/mol. The van der Waals surface area contributed by atoms with Gasteiger partial charge >= 0.3 is 5.97 Å². The van der Waals surface area contributed by atoms with Crippen molar-refractivity contribution in [1.29, 1.82) is 0 Å². The number of nitrogens with two attached hydrogens (primary N) is 1. The summed E-state index contributed by atoms with van der Waals surface area (Å²) in [6, 6.07) is 11.6. The van der Waals surface area contributed by atoms with Crippen LogP contribution in [0.5, 0.6) is 5.75 Å². The molecule has 0 aliphatic carbocycles. The number of ether oxygens (including phenoxy) is 1. The molecule has 12 heteroatoms. The van der Waals surface area contributed by atoms with Gasteiger partial charge < -0.3 is 20.9 Å². The van der Waals surface area contributed by atoms with Crippen LogP contribution in [0.15, 0.2) is 65.5 Å². The molecule has 0 fully saturated rings. The van der Waals surface area contributed by atoms with Crippen LogP contribution >= 0.6 is 0 Å². The van der Waals surface area contributed by atoms with Crippen LogP contribution in [0.2, 0.25) is 0 Å². The largest absolute Gasteiger partial charge is 0.493 e. The van der Waals surface area contributed by atoms with Crippen molar-refractivity contribution >= 4 is 23.3 Å². The zero-order valence-electron chi connectivity index (χ0n) is 25.4. The van der Waals surface area contributed by atoms with Crippen molar-refractivity contribution in [2.75, 3.05) is 24.2 Å². The van der Waals surface area contributed by atoms with Crippen molar-refractivity contribution < 1.29 is 37.0 Å². The third-order valence-electron chi connectivity index (χ3n) is 7.22. The smallest absolute Gasteiger partial charge is 0.303 e. The van der Waals surface area contributed by atoms with Gasteiger partial charge in [-0.3, -0.25) is 19.0 Å². The number of nitrogen functional groups attached to an aromatic ring is 1. The van der Waals surface area contributed by atoms with Gasteiger partial charge in [-0.2, -0.15) is 0 Å². The normalized spacial score (nSPS) is 11.4. The summed E-state index contributed by atoms with van der Waals surface area (Å²) in [6.07, 6.45) is 0.735. The molecule has 46 heavy (non-hydrogen) atoms. The van der Waals surface area contributed by atoms with Crippen LogP contribution in [-0.4, -0.2) is 34.6 Å². The highest BCUT2D eigenvalue weighted by atomic mass is 19.1. The molecule has 0 saturated carbocycles. The molecule has 0 bridgehead atoms. The number of carboxylic acids is 1. The van der Waals surface area contributed by atoms with Crippen molar-refractivity contribution in [2.24, 2.45) is 0 Å². The first-order valence-corrected chi connectivity index (χ1v) is 14.4. The monoisotopic (exact) mass is 639 g/mol.